The van der Waals surface area contributed by atoms with Crippen LogP contribution in [0, 0.1) is 5.92 Å². The normalized spacial score (nSPS) is 11.8. The molecule has 0 radical (unpaired) electrons. The third-order valence-corrected chi connectivity index (χ3v) is 3.68. The van der Waals surface area contributed by atoms with Crippen molar-refractivity contribution in [3.63, 3.8) is 0 Å². The number of hydrogen-bond donors (Lipinski definition) is 0. The molecule has 2 aromatic rings. The molecule has 0 aliphatic carbocycles. The average molecular weight is 322 g/mol. The zero-order valence-corrected chi connectivity index (χ0v) is 14.5. The molecule has 0 saturated heterocycles. The van der Waals surface area contributed by atoms with E-state index >= 15 is 0 Å². The van der Waals surface area contributed by atoms with Crippen molar-refractivity contribution in [2.24, 2.45) is 5.92 Å². The van der Waals surface area contributed by atoms with Crippen molar-refractivity contribution in [1.29, 1.82) is 0 Å². The molecule has 0 N–H and O–H groups in total. The van der Waals surface area contributed by atoms with E-state index in [4.69, 9.17) is 16.1 Å². The number of benzene rings is 1. The summed E-state index contributed by atoms with van der Waals surface area (Å²) in [7, 11) is 0. The summed E-state index contributed by atoms with van der Waals surface area (Å²) >= 11 is 6.06. The predicted octanol–water partition coefficient (Wildman–Crippen LogP) is 4.33. The van der Waals surface area contributed by atoms with Crippen LogP contribution in [0.4, 0.5) is 0 Å². The van der Waals surface area contributed by atoms with Gasteiger partial charge < -0.3 is 4.52 Å². The highest BCUT2D eigenvalue weighted by Crippen LogP contribution is 2.16. The van der Waals surface area contributed by atoms with E-state index in [0.717, 1.165) is 23.8 Å². The first-order chi connectivity index (χ1) is 10.4. The molecule has 4 nitrogen and oxygen atoms in total. The molecule has 120 valence electrons. The maximum absolute atomic E-state index is 6.06. The summed E-state index contributed by atoms with van der Waals surface area (Å²) in [6.07, 6.45) is 0.847. The molecule has 5 heteroatoms. The van der Waals surface area contributed by atoms with Gasteiger partial charge in [0.2, 0.25) is 5.89 Å². The molecule has 1 heterocycles. The van der Waals surface area contributed by atoms with Gasteiger partial charge in [-0.1, -0.05) is 42.7 Å². The third-order valence-electron chi connectivity index (χ3n) is 3.44. The molecule has 1 aromatic carbocycles. The SMILES string of the molecule is CC(C)Cc1noc(CN(Cc2cccc(Cl)c2)C(C)C)n1. The van der Waals surface area contributed by atoms with Crippen molar-refractivity contribution in [3.05, 3.63) is 46.6 Å². The van der Waals surface area contributed by atoms with Crippen LogP contribution in [0.25, 0.3) is 0 Å². The molecule has 2 rings (SSSR count). The van der Waals surface area contributed by atoms with Gasteiger partial charge in [0.25, 0.3) is 0 Å². The number of rotatable bonds is 7. The minimum atomic E-state index is 0.374. The molecule has 0 atom stereocenters. The van der Waals surface area contributed by atoms with Crippen LogP contribution < -0.4 is 0 Å². The zero-order valence-electron chi connectivity index (χ0n) is 13.7. The largest absolute Gasteiger partial charge is 0.338 e. The van der Waals surface area contributed by atoms with Gasteiger partial charge in [0.15, 0.2) is 5.82 Å². The van der Waals surface area contributed by atoms with Gasteiger partial charge in [-0.05, 0) is 37.5 Å². The van der Waals surface area contributed by atoms with Crippen molar-refractivity contribution in [3.8, 4) is 0 Å². The molecule has 0 spiro atoms. The first kappa shape index (κ1) is 17.0. The Balaban J connectivity index is 2.04. The first-order valence-corrected chi connectivity index (χ1v) is 8.11. The Bertz CT molecular complexity index is 595. The molecular weight excluding hydrogens is 298 g/mol. The first-order valence-electron chi connectivity index (χ1n) is 7.74. The van der Waals surface area contributed by atoms with Gasteiger partial charge in [0.1, 0.15) is 0 Å². The molecule has 0 unspecified atom stereocenters. The van der Waals surface area contributed by atoms with Gasteiger partial charge in [-0.25, -0.2) is 0 Å². The summed E-state index contributed by atoms with van der Waals surface area (Å²) in [5.74, 6) is 1.99. The summed E-state index contributed by atoms with van der Waals surface area (Å²) < 4.78 is 5.38. The van der Waals surface area contributed by atoms with Crippen LogP contribution in [0.1, 0.15) is 45.0 Å². The lowest BCUT2D eigenvalue weighted by Crippen LogP contribution is -2.30. The van der Waals surface area contributed by atoms with Crippen molar-refractivity contribution >= 4 is 11.6 Å². The Morgan fingerprint density at radius 2 is 1.95 bits per heavy atom. The molecule has 0 saturated carbocycles. The van der Waals surface area contributed by atoms with Crippen molar-refractivity contribution in [1.82, 2.24) is 15.0 Å². The summed E-state index contributed by atoms with van der Waals surface area (Å²) in [5.41, 5.74) is 1.18. The Morgan fingerprint density at radius 3 is 2.59 bits per heavy atom. The number of nitrogens with zero attached hydrogens (tertiary/aromatic N) is 3. The molecule has 0 amide bonds. The Kier molecular flexibility index (Phi) is 5.98. The van der Waals surface area contributed by atoms with Gasteiger partial charge in [0.05, 0.1) is 6.54 Å². The third kappa shape index (κ3) is 5.11. The fourth-order valence-electron chi connectivity index (χ4n) is 2.27. The maximum atomic E-state index is 6.06. The number of hydrogen-bond acceptors (Lipinski definition) is 4. The Labute approximate surface area is 137 Å². The van der Waals surface area contributed by atoms with Crippen LogP contribution in [0.15, 0.2) is 28.8 Å². The quantitative estimate of drug-likeness (QED) is 0.761. The van der Waals surface area contributed by atoms with E-state index in [-0.39, 0.29) is 0 Å². The minimum Gasteiger partial charge on any atom is -0.338 e. The van der Waals surface area contributed by atoms with Gasteiger partial charge in [-0.15, -0.1) is 0 Å². The topological polar surface area (TPSA) is 42.2 Å². The Morgan fingerprint density at radius 1 is 1.18 bits per heavy atom. The molecule has 0 aliphatic heterocycles. The summed E-state index contributed by atoms with van der Waals surface area (Å²) in [5, 5.41) is 4.82. The lowest BCUT2D eigenvalue weighted by molar-refractivity contribution is 0.176. The number of halogens is 1. The van der Waals surface area contributed by atoms with Gasteiger partial charge in [-0.2, -0.15) is 4.98 Å². The summed E-state index contributed by atoms with van der Waals surface area (Å²) in [6, 6.07) is 8.32. The van der Waals surface area contributed by atoms with Gasteiger partial charge >= 0.3 is 0 Å². The zero-order chi connectivity index (χ0) is 16.1. The second-order valence-corrected chi connectivity index (χ2v) is 6.77. The predicted molar refractivity (Wildman–Crippen MR) is 88.7 cm³/mol. The molecular formula is C17H24ClN3O. The van der Waals surface area contributed by atoms with E-state index in [2.05, 4.69) is 48.8 Å². The lowest BCUT2D eigenvalue weighted by atomic mass is 10.1. The molecule has 0 aliphatic rings. The molecule has 1 aromatic heterocycles. The van der Waals surface area contributed by atoms with E-state index in [0.29, 0.717) is 24.4 Å². The van der Waals surface area contributed by atoms with Gasteiger partial charge in [0, 0.05) is 24.0 Å². The van der Waals surface area contributed by atoms with Crippen molar-refractivity contribution in [2.75, 3.05) is 0 Å². The van der Waals surface area contributed by atoms with E-state index in [1.165, 1.54) is 5.56 Å². The van der Waals surface area contributed by atoms with Crippen LogP contribution in [-0.2, 0) is 19.5 Å². The van der Waals surface area contributed by atoms with Crippen molar-refractivity contribution < 1.29 is 4.52 Å². The molecule has 22 heavy (non-hydrogen) atoms. The average Bonchev–Trinajstić information content (AvgIpc) is 2.84. The lowest BCUT2D eigenvalue weighted by Gasteiger charge is -2.24. The highest BCUT2D eigenvalue weighted by Gasteiger charge is 2.16. The second kappa shape index (κ2) is 7.75. The highest BCUT2D eigenvalue weighted by molar-refractivity contribution is 6.30. The maximum Gasteiger partial charge on any atom is 0.240 e. The van der Waals surface area contributed by atoms with E-state index in [9.17, 15) is 0 Å². The number of aromatic nitrogens is 2. The van der Waals surface area contributed by atoms with E-state index < -0.39 is 0 Å². The van der Waals surface area contributed by atoms with Crippen LogP contribution in [0.5, 0.6) is 0 Å². The van der Waals surface area contributed by atoms with Crippen LogP contribution in [0.3, 0.4) is 0 Å². The summed E-state index contributed by atoms with van der Waals surface area (Å²) in [6.45, 7) is 10.1. The fraction of sp³-hybridized carbons (Fsp3) is 0.529. The fourth-order valence-corrected chi connectivity index (χ4v) is 2.48. The van der Waals surface area contributed by atoms with E-state index in [1.54, 1.807) is 0 Å². The smallest absolute Gasteiger partial charge is 0.240 e. The molecule has 0 bridgehead atoms. The van der Waals surface area contributed by atoms with Gasteiger partial charge in [-0.3, -0.25) is 4.90 Å². The Hall–Kier alpha value is -1.39. The van der Waals surface area contributed by atoms with E-state index in [1.807, 2.05) is 18.2 Å². The standard InChI is InChI=1S/C17H24ClN3O/c1-12(2)8-16-19-17(22-20-16)11-21(13(3)4)10-14-6-5-7-15(18)9-14/h5-7,9,12-13H,8,10-11H2,1-4H3. The monoisotopic (exact) mass is 321 g/mol. The second-order valence-electron chi connectivity index (χ2n) is 6.33. The summed E-state index contributed by atoms with van der Waals surface area (Å²) in [4.78, 5) is 6.78. The molecule has 0 fully saturated rings. The van der Waals surface area contributed by atoms with Crippen molar-refractivity contribution in [2.45, 2.75) is 53.2 Å². The van der Waals surface area contributed by atoms with Crippen LogP contribution in [-0.4, -0.2) is 21.1 Å². The highest BCUT2D eigenvalue weighted by atomic mass is 35.5. The van der Waals surface area contributed by atoms with Crippen LogP contribution in [0.2, 0.25) is 5.02 Å². The van der Waals surface area contributed by atoms with Crippen LogP contribution >= 0.6 is 11.6 Å². The minimum absolute atomic E-state index is 0.374.